The highest BCUT2D eigenvalue weighted by molar-refractivity contribution is 6.31. The number of likely N-dealkylation sites (tertiary alicyclic amines) is 1. The fraction of sp³-hybridized carbons (Fsp3) is 0.562. The first kappa shape index (κ1) is 16.2. The maximum Gasteiger partial charge on any atom is 0.227 e. The third-order valence-corrected chi connectivity index (χ3v) is 4.62. The highest BCUT2D eigenvalue weighted by Gasteiger charge is 2.38. The molecular weight excluding hydrogens is 293 g/mol. The molecule has 1 fully saturated rings. The fourth-order valence-electron chi connectivity index (χ4n) is 3.03. The average molecular weight is 314 g/mol. The van der Waals surface area contributed by atoms with Crippen LogP contribution in [-0.2, 0) is 11.2 Å². The summed E-state index contributed by atoms with van der Waals surface area (Å²) in [7, 11) is 0. The minimum Gasteiger partial charge on any atom is -0.396 e. The summed E-state index contributed by atoms with van der Waals surface area (Å²) in [6, 6.07) is 4.09. The molecule has 3 nitrogen and oxygen atoms in total. The zero-order chi connectivity index (χ0) is 15.5. The second-order valence-electron chi connectivity index (χ2n) is 5.89. The molecular formula is C16H21ClFNO2. The van der Waals surface area contributed by atoms with E-state index in [1.807, 2.05) is 0 Å². The average Bonchev–Trinajstić information content (AvgIpc) is 2.87. The fourth-order valence-corrected chi connectivity index (χ4v) is 3.26. The van der Waals surface area contributed by atoms with Gasteiger partial charge >= 0.3 is 0 Å². The number of carbonyl (C=O) groups is 1. The summed E-state index contributed by atoms with van der Waals surface area (Å²) >= 11 is 5.96. The summed E-state index contributed by atoms with van der Waals surface area (Å²) in [4.78, 5) is 14.1. The molecule has 21 heavy (non-hydrogen) atoms. The quantitative estimate of drug-likeness (QED) is 0.907. The molecule has 1 aromatic carbocycles. The number of halogens is 2. The number of rotatable bonds is 5. The highest BCUT2D eigenvalue weighted by Crippen LogP contribution is 2.35. The second-order valence-corrected chi connectivity index (χ2v) is 6.29. The first-order valence-electron chi connectivity index (χ1n) is 7.32. The van der Waals surface area contributed by atoms with Gasteiger partial charge in [0, 0.05) is 23.5 Å². The molecule has 5 heteroatoms. The largest absolute Gasteiger partial charge is 0.396 e. The van der Waals surface area contributed by atoms with E-state index in [9.17, 15) is 14.3 Å². The van der Waals surface area contributed by atoms with E-state index in [4.69, 9.17) is 11.6 Å². The van der Waals surface area contributed by atoms with E-state index in [0.29, 0.717) is 18.7 Å². The molecule has 2 rings (SSSR count). The molecule has 0 bridgehead atoms. The van der Waals surface area contributed by atoms with Gasteiger partial charge in [-0.3, -0.25) is 4.79 Å². The van der Waals surface area contributed by atoms with Crippen LogP contribution in [0.3, 0.4) is 0 Å². The minimum atomic E-state index is -0.403. The van der Waals surface area contributed by atoms with Crippen molar-refractivity contribution in [2.45, 2.75) is 32.6 Å². The van der Waals surface area contributed by atoms with Crippen molar-refractivity contribution in [3.8, 4) is 0 Å². The van der Waals surface area contributed by atoms with Crippen LogP contribution in [0.2, 0.25) is 5.02 Å². The summed E-state index contributed by atoms with van der Waals surface area (Å²) < 4.78 is 13.0. The van der Waals surface area contributed by atoms with Gasteiger partial charge in [-0.25, -0.2) is 4.39 Å². The van der Waals surface area contributed by atoms with Crippen LogP contribution < -0.4 is 0 Å². The SMILES string of the molecule is CCCC1(CO)CCN(C(=O)Cc2ccc(F)cc2Cl)C1. The van der Waals surface area contributed by atoms with Crippen molar-refractivity contribution in [1.82, 2.24) is 4.90 Å². The van der Waals surface area contributed by atoms with Crippen LogP contribution in [0.1, 0.15) is 31.7 Å². The summed E-state index contributed by atoms with van der Waals surface area (Å²) in [5.41, 5.74) is 0.483. The standard InChI is InChI=1S/C16H21ClFNO2/c1-2-5-16(11-20)6-7-19(10-16)15(21)8-12-3-4-13(18)9-14(12)17/h3-4,9,20H,2,5-8,10-11H2,1H3. The van der Waals surface area contributed by atoms with E-state index >= 15 is 0 Å². The Kier molecular flexibility index (Phi) is 5.22. The number of hydrogen-bond acceptors (Lipinski definition) is 2. The Morgan fingerprint density at radius 2 is 2.29 bits per heavy atom. The maximum atomic E-state index is 13.0. The smallest absolute Gasteiger partial charge is 0.227 e. The predicted molar refractivity (Wildman–Crippen MR) is 80.7 cm³/mol. The number of aliphatic hydroxyl groups is 1. The normalized spacial score (nSPS) is 21.8. The summed E-state index contributed by atoms with van der Waals surface area (Å²) in [6.07, 6.45) is 2.92. The van der Waals surface area contributed by atoms with Crippen LogP contribution >= 0.6 is 11.6 Å². The lowest BCUT2D eigenvalue weighted by Gasteiger charge is -2.26. The highest BCUT2D eigenvalue weighted by atomic mass is 35.5. The van der Waals surface area contributed by atoms with Gasteiger partial charge in [-0.1, -0.05) is 31.0 Å². The summed E-state index contributed by atoms with van der Waals surface area (Å²) in [5, 5.41) is 9.89. The van der Waals surface area contributed by atoms with Crippen molar-refractivity contribution in [3.63, 3.8) is 0 Å². The zero-order valence-corrected chi connectivity index (χ0v) is 13.0. The number of hydrogen-bond donors (Lipinski definition) is 1. The van der Waals surface area contributed by atoms with Gasteiger partial charge in [-0.2, -0.15) is 0 Å². The molecule has 0 radical (unpaired) electrons. The minimum absolute atomic E-state index is 0.0186. The molecule has 1 heterocycles. The third kappa shape index (κ3) is 3.74. The molecule has 0 saturated carbocycles. The molecule has 0 aromatic heterocycles. The zero-order valence-electron chi connectivity index (χ0n) is 12.2. The Morgan fingerprint density at radius 1 is 1.52 bits per heavy atom. The Labute approximate surface area is 129 Å². The number of amides is 1. The van der Waals surface area contributed by atoms with Crippen LogP contribution in [0.4, 0.5) is 4.39 Å². The van der Waals surface area contributed by atoms with Crippen LogP contribution in [0.15, 0.2) is 18.2 Å². The number of carbonyl (C=O) groups excluding carboxylic acids is 1. The van der Waals surface area contributed by atoms with Gasteiger partial charge in [0.1, 0.15) is 5.82 Å². The number of aliphatic hydroxyl groups excluding tert-OH is 1. The second kappa shape index (κ2) is 6.75. The maximum absolute atomic E-state index is 13.0. The predicted octanol–water partition coefficient (Wildman–Crippen LogP) is 3.03. The molecule has 1 atom stereocenters. The van der Waals surface area contributed by atoms with E-state index in [-0.39, 0.29) is 29.4 Å². The first-order chi connectivity index (χ1) is 9.99. The number of nitrogens with zero attached hydrogens (tertiary/aromatic N) is 1. The van der Waals surface area contributed by atoms with E-state index in [2.05, 4.69) is 6.92 Å². The van der Waals surface area contributed by atoms with Crippen molar-refractivity contribution in [2.24, 2.45) is 5.41 Å². The molecule has 0 aliphatic carbocycles. The summed E-state index contributed by atoms with van der Waals surface area (Å²) in [6.45, 7) is 3.45. The third-order valence-electron chi connectivity index (χ3n) is 4.26. The molecule has 116 valence electrons. The summed E-state index contributed by atoms with van der Waals surface area (Å²) in [5.74, 6) is -0.422. The lowest BCUT2D eigenvalue weighted by atomic mass is 9.83. The van der Waals surface area contributed by atoms with Gasteiger partial charge in [-0.15, -0.1) is 0 Å². The molecule has 1 aliphatic rings. The van der Waals surface area contributed by atoms with E-state index < -0.39 is 5.82 Å². The molecule has 1 aliphatic heterocycles. The van der Waals surface area contributed by atoms with Crippen molar-refractivity contribution >= 4 is 17.5 Å². The molecule has 1 aromatic rings. The molecule has 1 N–H and O–H groups in total. The van der Waals surface area contributed by atoms with E-state index in [1.165, 1.54) is 12.1 Å². The Morgan fingerprint density at radius 3 is 2.90 bits per heavy atom. The van der Waals surface area contributed by atoms with Crippen molar-refractivity contribution in [3.05, 3.63) is 34.6 Å². The topological polar surface area (TPSA) is 40.5 Å². The van der Waals surface area contributed by atoms with Crippen LogP contribution in [0.5, 0.6) is 0 Å². The van der Waals surface area contributed by atoms with Crippen molar-refractivity contribution in [2.75, 3.05) is 19.7 Å². The van der Waals surface area contributed by atoms with Gasteiger partial charge in [0.2, 0.25) is 5.91 Å². The lowest BCUT2D eigenvalue weighted by molar-refractivity contribution is -0.130. The van der Waals surface area contributed by atoms with Crippen LogP contribution in [-0.4, -0.2) is 35.6 Å². The Bertz CT molecular complexity index is 523. The molecule has 1 saturated heterocycles. The van der Waals surface area contributed by atoms with Crippen molar-refractivity contribution < 1.29 is 14.3 Å². The Hall–Kier alpha value is -1.13. The lowest BCUT2D eigenvalue weighted by Crippen LogP contribution is -2.34. The van der Waals surface area contributed by atoms with Gasteiger partial charge in [0.05, 0.1) is 13.0 Å². The van der Waals surface area contributed by atoms with Gasteiger partial charge in [0.15, 0.2) is 0 Å². The first-order valence-corrected chi connectivity index (χ1v) is 7.70. The monoisotopic (exact) mass is 313 g/mol. The molecule has 1 unspecified atom stereocenters. The van der Waals surface area contributed by atoms with Crippen LogP contribution in [0, 0.1) is 11.2 Å². The van der Waals surface area contributed by atoms with Crippen LogP contribution in [0.25, 0.3) is 0 Å². The van der Waals surface area contributed by atoms with Gasteiger partial charge < -0.3 is 10.0 Å². The molecule has 0 spiro atoms. The Balaban J connectivity index is 2.01. The molecule has 1 amide bonds. The van der Waals surface area contributed by atoms with Crippen molar-refractivity contribution in [1.29, 1.82) is 0 Å². The number of benzene rings is 1. The van der Waals surface area contributed by atoms with E-state index in [1.54, 1.807) is 11.0 Å². The van der Waals surface area contributed by atoms with Gasteiger partial charge in [0.25, 0.3) is 0 Å². The van der Waals surface area contributed by atoms with Gasteiger partial charge in [-0.05, 0) is 30.5 Å². The van der Waals surface area contributed by atoms with E-state index in [0.717, 1.165) is 19.3 Å².